The summed E-state index contributed by atoms with van der Waals surface area (Å²) in [5.41, 5.74) is 0.324. The third-order valence-corrected chi connectivity index (χ3v) is 4.98. The van der Waals surface area contributed by atoms with E-state index in [-0.39, 0.29) is 13.2 Å². The molecule has 0 aliphatic carbocycles. The highest BCUT2D eigenvalue weighted by Crippen LogP contribution is 2.27. The van der Waals surface area contributed by atoms with E-state index >= 15 is 0 Å². The minimum atomic E-state index is -0.441. The maximum absolute atomic E-state index is 11.9. The second-order valence-electron chi connectivity index (χ2n) is 4.45. The summed E-state index contributed by atoms with van der Waals surface area (Å²) in [6.07, 6.45) is 0. The molecule has 0 radical (unpaired) electrons. The fourth-order valence-electron chi connectivity index (χ4n) is 1.78. The van der Waals surface area contributed by atoms with Crippen molar-refractivity contribution in [3.8, 4) is 15.6 Å². The predicted molar refractivity (Wildman–Crippen MR) is 92.7 cm³/mol. The average molecular weight is 366 g/mol. The summed E-state index contributed by atoms with van der Waals surface area (Å²) < 4.78 is 10.6. The van der Waals surface area contributed by atoms with Gasteiger partial charge in [-0.15, -0.1) is 22.7 Å². The molecule has 2 heterocycles. The van der Waals surface area contributed by atoms with Crippen molar-refractivity contribution in [3.63, 3.8) is 0 Å². The van der Waals surface area contributed by atoms with Gasteiger partial charge in [0.15, 0.2) is 5.69 Å². The first kappa shape index (κ1) is 16.0. The van der Waals surface area contributed by atoms with Gasteiger partial charge in [-0.05, 0) is 35.7 Å². The number of nitrogens with zero attached hydrogens (tertiary/aromatic N) is 1. The quantitative estimate of drug-likeness (QED) is 0.466. The SMILES string of the molecule is O=C(OCCOc1ccc(Cl)cc1)c1csc(-c2cccs2)n1. The van der Waals surface area contributed by atoms with Gasteiger partial charge in [0, 0.05) is 10.4 Å². The zero-order valence-electron chi connectivity index (χ0n) is 11.9. The Kier molecular flexibility index (Phi) is 5.27. The maximum Gasteiger partial charge on any atom is 0.357 e. The molecule has 0 saturated heterocycles. The number of benzene rings is 1. The number of carbonyl (C=O) groups excluding carboxylic acids is 1. The fraction of sp³-hybridized carbons (Fsp3) is 0.125. The Morgan fingerprint density at radius 1 is 1.13 bits per heavy atom. The second kappa shape index (κ2) is 7.59. The van der Waals surface area contributed by atoms with E-state index in [1.165, 1.54) is 11.3 Å². The van der Waals surface area contributed by atoms with E-state index in [1.807, 2.05) is 17.5 Å². The highest BCUT2D eigenvalue weighted by molar-refractivity contribution is 7.20. The minimum absolute atomic E-state index is 0.160. The van der Waals surface area contributed by atoms with Gasteiger partial charge in [0.25, 0.3) is 0 Å². The lowest BCUT2D eigenvalue weighted by Gasteiger charge is -2.06. The number of esters is 1. The summed E-state index contributed by atoms with van der Waals surface area (Å²) in [6.45, 7) is 0.433. The molecule has 7 heteroatoms. The van der Waals surface area contributed by atoms with Crippen molar-refractivity contribution in [2.45, 2.75) is 0 Å². The molecule has 1 aromatic carbocycles. The lowest BCUT2D eigenvalue weighted by Crippen LogP contribution is -2.12. The molecule has 23 heavy (non-hydrogen) atoms. The molecule has 4 nitrogen and oxygen atoms in total. The average Bonchev–Trinajstić information content (AvgIpc) is 3.23. The Morgan fingerprint density at radius 2 is 1.96 bits per heavy atom. The number of thiophene rings is 1. The van der Waals surface area contributed by atoms with Crippen molar-refractivity contribution in [2.24, 2.45) is 0 Å². The van der Waals surface area contributed by atoms with Crippen LogP contribution in [-0.4, -0.2) is 24.2 Å². The highest BCUT2D eigenvalue weighted by Gasteiger charge is 2.13. The first-order valence-corrected chi connectivity index (χ1v) is 8.91. The fourth-order valence-corrected chi connectivity index (χ4v) is 3.51. The van der Waals surface area contributed by atoms with Crippen molar-refractivity contribution < 1.29 is 14.3 Å². The Labute approximate surface area is 146 Å². The van der Waals surface area contributed by atoms with Crippen LogP contribution in [0, 0.1) is 0 Å². The normalized spacial score (nSPS) is 10.5. The van der Waals surface area contributed by atoms with Crippen LogP contribution < -0.4 is 4.74 Å². The van der Waals surface area contributed by atoms with Gasteiger partial charge < -0.3 is 9.47 Å². The second-order valence-corrected chi connectivity index (χ2v) is 6.70. The van der Waals surface area contributed by atoms with E-state index in [9.17, 15) is 4.79 Å². The van der Waals surface area contributed by atoms with Crippen molar-refractivity contribution >= 4 is 40.2 Å². The number of aromatic nitrogens is 1. The summed E-state index contributed by atoms with van der Waals surface area (Å²) >= 11 is 8.81. The van der Waals surface area contributed by atoms with Gasteiger partial charge in [0.1, 0.15) is 24.0 Å². The summed E-state index contributed by atoms with van der Waals surface area (Å²) in [5.74, 6) is 0.239. The van der Waals surface area contributed by atoms with Gasteiger partial charge in [-0.2, -0.15) is 0 Å². The van der Waals surface area contributed by atoms with Crippen LogP contribution in [0.25, 0.3) is 9.88 Å². The smallest absolute Gasteiger partial charge is 0.357 e. The summed E-state index contributed by atoms with van der Waals surface area (Å²) in [7, 11) is 0. The topological polar surface area (TPSA) is 48.4 Å². The van der Waals surface area contributed by atoms with Crippen LogP contribution in [0.4, 0.5) is 0 Å². The van der Waals surface area contributed by atoms with Crippen LogP contribution in [0.5, 0.6) is 5.75 Å². The number of rotatable bonds is 6. The van der Waals surface area contributed by atoms with Gasteiger partial charge in [-0.25, -0.2) is 9.78 Å². The minimum Gasteiger partial charge on any atom is -0.490 e. The van der Waals surface area contributed by atoms with Crippen LogP contribution in [0.3, 0.4) is 0 Å². The number of thiazole rings is 1. The zero-order chi connectivity index (χ0) is 16.1. The molecule has 0 amide bonds. The first-order valence-electron chi connectivity index (χ1n) is 6.77. The van der Waals surface area contributed by atoms with Crippen LogP contribution >= 0.6 is 34.3 Å². The Balaban J connectivity index is 1.47. The standard InChI is InChI=1S/C16H12ClNO3S2/c17-11-3-5-12(6-4-11)20-7-8-21-16(19)13-10-23-15(18-13)14-2-1-9-22-14/h1-6,9-10H,7-8H2. The summed E-state index contributed by atoms with van der Waals surface area (Å²) in [6, 6.07) is 10.9. The predicted octanol–water partition coefficient (Wildman–Crippen LogP) is 4.76. The molecule has 0 atom stereocenters. The van der Waals surface area contributed by atoms with Crippen molar-refractivity contribution in [2.75, 3.05) is 13.2 Å². The molecule has 3 rings (SSSR count). The lowest BCUT2D eigenvalue weighted by molar-refractivity contribution is 0.0444. The van der Waals surface area contributed by atoms with E-state index in [1.54, 1.807) is 41.0 Å². The van der Waals surface area contributed by atoms with Crippen molar-refractivity contribution in [1.82, 2.24) is 4.98 Å². The van der Waals surface area contributed by atoms with Gasteiger partial charge in [-0.3, -0.25) is 0 Å². The largest absolute Gasteiger partial charge is 0.490 e. The third-order valence-electron chi connectivity index (χ3n) is 2.84. The molecule has 118 valence electrons. The van der Waals surface area contributed by atoms with Crippen LogP contribution in [0.15, 0.2) is 47.2 Å². The molecule has 0 N–H and O–H groups in total. The molecule has 0 aliphatic rings. The number of ether oxygens (including phenoxy) is 2. The molecule has 0 bridgehead atoms. The Hall–Kier alpha value is -1.89. The molecule has 2 aromatic heterocycles. The molecular formula is C16H12ClNO3S2. The van der Waals surface area contributed by atoms with Gasteiger partial charge in [-0.1, -0.05) is 17.7 Å². The molecular weight excluding hydrogens is 354 g/mol. The molecule has 0 fully saturated rings. The first-order chi connectivity index (χ1) is 11.2. The number of hydrogen-bond acceptors (Lipinski definition) is 6. The number of carbonyl (C=O) groups is 1. The van der Waals surface area contributed by atoms with E-state index in [0.29, 0.717) is 16.5 Å². The molecule has 0 aliphatic heterocycles. The zero-order valence-corrected chi connectivity index (χ0v) is 14.3. The summed E-state index contributed by atoms with van der Waals surface area (Å²) in [5, 5.41) is 5.15. The van der Waals surface area contributed by atoms with Crippen molar-refractivity contribution in [3.05, 3.63) is 57.9 Å². The maximum atomic E-state index is 11.9. The van der Waals surface area contributed by atoms with E-state index in [4.69, 9.17) is 21.1 Å². The monoisotopic (exact) mass is 365 g/mol. The molecule has 3 aromatic rings. The van der Waals surface area contributed by atoms with Crippen LogP contribution in [-0.2, 0) is 4.74 Å². The molecule has 0 unspecified atom stereocenters. The Bertz CT molecular complexity index is 769. The van der Waals surface area contributed by atoms with Crippen LogP contribution in [0.1, 0.15) is 10.5 Å². The van der Waals surface area contributed by atoms with Crippen molar-refractivity contribution in [1.29, 1.82) is 0 Å². The van der Waals surface area contributed by atoms with Crippen LogP contribution in [0.2, 0.25) is 5.02 Å². The third kappa shape index (κ3) is 4.31. The van der Waals surface area contributed by atoms with E-state index in [2.05, 4.69) is 4.98 Å². The van der Waals surface area contributed by atoms with Gasteiger partial charge in [0.05, 0.1) is 4.88 Å². The molecule has 0 saturated carbocycles. The van der Waals surface area contributed by atoms with E-state index in [0.717, 1.165) is 9.88 Å². The Morgan fingerprint density at radius 3 is 2.70 bits per heavy atom. The number of halogens is 1. The van der Waals surface area contributed by atoms with E-state index < -0.39 is 5.97 Å². The van der Waals surface area contributed by atoms with Gasteiger partial charge >= 0.3 is 5.97 Å². The summed E-state index contributed by atoms with van der Waals surface area (Å²) in [4.78, 5) is 17.3. The number of hydrogen-bond donors (Lipinski definition) is 0. The lowest BCUT2D eigenvalue weighted by atomic mass is 10.3. The molecule has 0 spiro atoms. The highest BCUT2D eigenvalue weighted by atomic mass is 35.5. The van der Waals surface area contributed by atoms with Gasteiger partial charge in [0.2, 0.25) is 0 Å².